The van der Waals surface area contributed by atoms with Crippen molar-refractivity contribution in [2.45, 2.75) is 65.1 Å². The number of hydrogen-bond acceptors (Lipinski definition) is 6. The van der Waals surface area contributed by atoms with Crippen LogP contribution in [0.25, 0.3) is 0 Å². The average molecular weight is 442 g/mol. The Balaban J connectivity index is 2.63. The predicted octanol–water partition coefficient (Wildman–Crippen LogP) is -1.19. The number of hydrogen-bond donors (Lipinski definition) is 5. The Morgan fingerprint density at radius 1 is 1.10 bits per heavy atom. The van der Waals surface area contributed by atoms with Crippen molar-refractivity contribution in [2.24, 2.45) is 17.6 Å². The SMILES string of the molecule is CC[C@H](C)[C@H](N)C(=O)N1CCC[C@H]1C(=O)NCC(=O)N[C@H](C(=O)NCC(=O)O)C(C)C. The standard InChI is InChI=1S/C20H35N5O6/c1-5-12(4)16(21)20(31)25-8-6-7-13(25)18(29)22-9-14(26)24-17(11(2)3)19(30)23-10-15(27)28/h11-13,16-17H,5-10,21H2,1-4H3,(H,22,29)(H,23,30)(H,24,26)(H,27,28)/t12-,13-,16-,17-/m0/s1. The second kappa shape index (κ2) is 12.2. The van der Waals surface area contributed by atoms with Crippen molar-refractivity contribution in [1.82, 2.24) is 20.9 Å². The van der Waals surface area contributed by atoms with E-state index in [0.29, 0.717) is 19.4 Å². The normalized spacial score (nSPS) is 18.8. The van der Waals surface area contributed by atoms with Crippen LogP contribution in [0.1, 0.15) is 47.0 Å². The number of aliphatic carboxylic acids is 1. The molecule has 0 saturated carbocycles. The Labute approximate surface area is 182 Å². The third kappa shape index (κ3) is 7.82. The van der Waals surface area contributed by atoms with Gasteiger partial charge >= 0.3 is 5.97 Å². The lowest BCUT2D eigenvalue weighted by Gasteiger charge is -2.28. The topological polar surface area (TPSA) is 171 Å². The van der Waals surface area contributed by atoms with E-state index in [2.05, 4.69) is 16.0 Å². The minimum absolute atomic E-state index is 0.0113. The Morgan fingerprint density at radius 2 is 1.74 bits per heavy atom. The van der Waals surface area contributed by atoms with Gasteiger partial charge in [-0.25, -0.2) is 0 Å². The summed E-state index contributed by atoms with van der Waals surface area (Å²) in [4.78, 5) is 61.7. The van der Waals surface area contributed by atoms with Gasteiger partial charge in [0.2, 0.25) is 23.6 Å². The Morgan fingerprint density at radius 3 is 2.29 bits per heavy atom. The fraction of sp³-hybridized carbons (Fsp3) is 0.750. The molecular formula is C20H35N5O6. The van der Waals surface area contributed by atoms with Gasteiger partial charge in [0.25, 0.3) is 0 Å². The van der Waals surface area contributed by atoms with E-state index in [0.717, 1.165) is 6.42 Å². The van der Waals surface area contributed by atoms with E-state index in [9.17, 15) is 24.0 Å². The molecule has 6 N–H and O–H groups in total. The predicted molar refractivity (Wildman–Crippen MR) is 113 cm³/mol. The second-order valence-corrected chi connectivity index (χ2v) is 8.22. The minimum Gasteiger partial charge on any atom is -0.480 e. The van der Waals surface area contributed by atoms with Gasteiger partial charge in [0.1, 0.15) is 18.6 Å². The van der Waals surface area contributed by atoms with Crippen molar-refractivity contribution in [3.8, 4) is 0 Å². The lowest BCUT2D eigenvalue weighted by atomic mass is 9.98. The van der Waals surface area contributed by atoms with Gasteiger partial charge in [0, 0.05) is 6.54 Å². The Hall–Kier alpha value is -2.69. The van der Waals surface area contributed by atoms with Crippen LogP contribution in [0.4, 0.5) is 0 Å². The molecule has 1 aliphatic rings. The molecule has 11 heteroatoms. The number of carbonyl (C=O) groups is 5. The lowest BCUT2D eigenvalue weighted by Crippen LogP contribution is -2.55. The monoisotopic (exact) mass is 441 g/mol. The molecule has 1 rings (SSSR count). The van der Waals surface area contributed by atoms with Crippen LogP contribution in [0.2, 0.25) is 0 Å². The van der Waals surface area contributed by atoms with Crippen LogP contribution in [0.5, 0.6) is 0 Å². The van der Waals surface area contributed by atoms with Gasteiger partial charge in [-0.1, -0.05) is 34.1 Å². The average Bonchev–Trinajstić information content (AvgIpc) is 3.22. The van der Waals surface area contributed by atoms with E-state index in [4.69, 9.17) is 10.8 Å². The van der Waals surface area contributed by atoms with Gasteiger partial charge in [-0.05, 0) is 24.7 Å². The molecule has 0 radical (unpaired) electrons. The summed E-state index contributed by atoms with van der Waals surface area (Å²) < 4.78 is 0. The molecule has 1 saturated heterocycles. The molecule has 0 aromatic carbocycles. The molecule has 0 bridgehead atoms. The number of nitrogens with two attached hydrogens (primary N) is 1. The summed E-state index contributed by atoms with van der Waals surface area (Å²) in [5, 5.41) is 15.9. The van der Waals surface area contributed by atoms with Crippen LogP contribution in [-0.2, 0) is 24.0 Å². The summed E-state index contributed by atoms with van der Waals surface area (Å²) in [5.74, 6) is -3.44. The first-order valence-electron chi connectivity index (χ1n) is 10.6. The Kier molecular flexibility index (Phi) is 10.4. The van der Waals surface area contributed by atoms with Crippen molar-refractivity contribution in [2.75, 3.05) is 19.6 Å². The molecular weight excluding hydrogens is 406 g/mol. The number of amides is 4. The molecule has 31 heavy (non-hydrogen) atoms. The number of carboxylic acid groups (broad SMARTS) is 1. The first kappa shape index (κ1) is 26.3. The highest BCUT2D eigenvalue weighted by atomic mass is 16.4. The van der Waals surface area contributed by atoms with Crippen molar-refractivity contribution in [3.05, 3.63) is 0 Å². The van der Waals surface area contributed by atoms with E-state index in [1.54, 1.807) is 13.8 Å². The smallest absolute Gasteiger partial charge is 0.322 e. The molecule has 0 unspecified atom stereocenters. The summed E-state index contributed by atoms with van der Waals surface area (Å²) in [6.45, 7) is 6.74. The molecule has 0 spiro atoms. The molecule has 0 aromatic heterocycles. The van der Waals surface area contributed by atoms with Gasteiger partial charge in [-0.3, -0.25) is 24.0 Å². The van der Waals surface area contributed by atoms with Crippen molar-refractivity contribution < 1.29 is 29.1 Å². The number of rotatable bonds is 11. The molecule has 0 aliphatic carbocycles. The van der Waals surface area contributed by atoms with E-state index in [-0.39, 0.29) is 24.3 Å². The highest BCUT2D eigenvalue weighted by molar-refractivity contribution is 5.94. The van der Waals surface area contributed by atoms with Gasteiger partial charge in [0.15, 0.2) is 0 Å². The molecule has 1 fully saturated rings. The fourth-order valence-electron chi connectivity index (χ4n) is 3.31. The van der Waals surface area contributed by atoms with E-state index in [1.807, 2.05) is 13.8 Å². The van der Waals surface area contributed by atoms with Gasteiger partial charge in [-0.15, -0.1) is 0 Å². The molecule has 4 atom stereocenters. The van der Waals surface area contributed by atoms with Crippen LogP contribution >= 0.6 is 0 Å². The third-order valence-corrected chi connectivity index (χ3v) is 5.48. The molecule has 1 heterocycles. The summed E-state index contributed by atoms with van der Waals surface area (Å²) in [5.41, 5.74) is 6.03. The lowest BCUT2D eigenvalue weighted by molar-refractivity contribution is -0.140. The van der Waals surface area contributed by atoms with Crippen LogP contribution in [-0.4, -0.2) is 77.4 Å². The summed E-state index contributed by atoms with van der Waals surface area (Å²) >= 11 is 0. The van der Waals surface area contributed by atoms with Gasteiger partial charge in [0.05, 0.1) is 12.6 Å². The summed E-state index contributed by atoms with van der Waals surface area (Å²) in [6.07, 6.45) is 1.90. The molecule has 1 aliphatic heterocycles. The second-order valence-electron chi connectivity index (χ2n) is 8.22. The number of likely N-dealkylation sites (tertiary alicyclic amines) is 1. The first-order chi connectivity index (χ1) is 14.5. The van der Waals surface area contributed by atoms with Crippen molar-refractivity contribution in [3.63, 3.8) is 0 Å². The summed E-state index contributed by atoms with van der Waals surface area (Å²) in [6, 6.07) is -2.31. The van der Waals surface area contributed by atoms with Crippen molar-refractivity contribution in [1.29, 1.82) is 0 Å². The number of carbonyl (C=O) groups excluding carboxylic acids is 4. The Bertz CT molecular complexity index is 683. The number of nitrogens with one attached hydrogen (secondary N) is 3. The maximum absolute atomic E-state index is 12.7. The van der Waals surface area contributed by atoms with E-state index < -0.39 is 48.4 Å². The summed E-state index contributed by atoms with van der Waals surface area (Å²) in [7, 11) is 0. The first-order valence-corrected chi connectivity index (χ1v) is 10.6. The molecule has 0 aromatic rings. The largest absolute Gasteiger partial charge is 0.480 e. The van der Waals surface area contributed by atoms with Gasteiger partial charge < -0.3 is 31.7 Å². The number of carboxylic acids is 1. The van der Waals surface area contributed by atoms with Crippen LogP contribution in [0.3, 0.4) is 0 Å². The van der Waals surface area contributed by atoms with E-state index in [1.165, 1.54) is 4.90 Å². The highest BCUT2D eigenvalue weighted by Crippen LogP contribution is 2.20. The molecule has 4 amide bonds. The zero-order valence-corrected chi connectivity index (χ0v) is 18.6. The quantitative estimate of drug-likeness (QED) is 0.268. The highest BCUT2D eigenvalue weighted by Gasteiger charge is 2.37. The minimum atomic E-state index is -1.20. The maximum Gasteiger partial charge on any atom is 0.322 e. The maximum atomic E-state index is 12.7. The molecule has 11 nitrogen and oxygen atoms in total. The van der Waals surface area contributed by atoms with Crippen LogP contribution < -0.4 is 21.7 Å². The number of nitrogens with zero attached hydrogens (tertiary/aromatic N) is 1. The van der Waals surface area contributed by atoms with Crippen LogP contribution in [0, 0.1) is 11.8 Å². The zero-order chi connectivity index (χ0) is 23.7. The zero-order valence-electron chi connectivity index (χ0n) is 18.6. The van der Waals surface area contributed by atoms with Crippen molar-refractivity contribution >= 4 is 29.6 Å². The van der Waals surface area contributed by atoms with Gasteiger partial charge in [-0.2, -0.15) is 0 Å². The third-order valence-electron chi connectivity index (χ3n) is 5.48. The molecule has 176 valence electrons. The fourth-order valence-corrected chi connectivity index (χ4v) is 3.31. The van der Waals surface area contributed by atoms with Crippen LogP contribution in [0.15, 0.2) is 0 Å². The van der Waals surface area contributed by atoms with E-state index >= 15 is 0 Å².